The van der Waals surface area contributed by atoms with Gasteiger partial charge in [0.2, 0.25) is 5.91 Å². The van der Waals surface area contributed by atoms with Crippen LogP contribution in [0.1, 0.15) is 29.1 Å². The van der Waals surface area contributed by atoms with E-state index in [0.29, 0.717) is 23.1 Å². The largest absolute Gasteiger partial charge is 0.308 e. The molecule has 0 atom stereocenters. The third-order valence-corrected chi connectivity index (χ3v) is 4.22. The molecule has 3 rings (SSSR count). The van der Waals surface area contributed by atoms with Gasteiger partial charge in [0.1, 0.15) is 12.2 Å². The van der Waals surface area contributed by atoms with Gasteiger partial charge >= 0.3 is 0 Å². The summed E-state index contributed by atoms with van der Waals surface area (Å²) < 4.78 is 28.4. The highest BCUT2D eigenvalue weighted by Crippen LogP contribution is 2.18. The first-order valence-electron chi connectivity index (χ1n) is 8.23. The van der Waals surface area contributed by atoms with Crippen LogP contribution < -0.4 is 5.32 Å². The number of hydrogen-bond acceptors (Lipinski definition) is 3. The number of amides is 1. The van der Waals surface area contributed by atoms with Gasteiger partial charge < -0.3 is 5.32 Å². The number of nitrogens with one attached hydrogen (secondary N) is 1. The molecule has 1 N–H and O–H groups in total. The molecule has 1 amide bonds. The Morgan fingerprint density at radius 3 is 2.56 bits per heavy atom. The fourth-order valence-electron chi connectivity index (χ4n) is 2.66. The monoisotopic (exact) mass is 393 g/mol. The quantitative estimate of drug-likeness (QED) is 0.689. The van der Waals surface area contributed by atoms with Crippen LogP contribution in [0, 0.1) is 13.8 Å². The van der Waals surface area contributed by atoms with Crippen LogP contribution >= 0.6 is 11.6 Å². The van der Waals surface area contributed by atoms with Crippen molar-refractivity contribution in [3.8, 4) is 0 Å². The summed E-state index contributed by atoms with van der Waals surface area (Å²) in [5.41, 5.74) is 1.99. The van der Waals surface area contributed by atoms with E-state index in [4.69, 9.17) is 11.6 Å². The topological polar surface area (TPSA) is 64.7 Å². The predicted octanol–water partition coefficient (Wildman–Crippen LogP) is 3.97. The normalized spacial score (nSPS) is 11.2. The SMILES string of the molecule is Cc1cc(NC(=O)Cn2nc(C(F)F)cc2C)nn1Cc1cccc(Cl)c1. The van der Waals surface area contributed by atoms with Crippen molar-refractivity contribution in [2.75, 3.05) is 5.32 Å². The second kappa shape index (κ2) is 7.87. The number of alkyl halides is 2. The van der Waals surface area contributed by atoms with Crippen molar-refractivity contribution < 1.29 is 13.6 Å². The summed E-state index contributed by atoms with van der Waals surface area (Å²) in [5.74, 6) is -0.00663. The molecule has 0 saturated heterocycles. The number of benzene rings is 1. The van der Waals surface area contributed by atoms with Gasteiger partial charge in [-0.15, -0.1) is 0 Å². The Morgan fingerprint density at radius 2 is 1.89 bits per heavy atom. The van der Waals surface area contributed by atoms with Crippen molar-refractivity contribution >= 4 is 23.3 Å². The highest BCUT2D eigenvalue weighted by molar-refractivity contribution is 6.30. The van der Waals surface area contributed by atoms with Crippen LogP contribution in [0.2, 0.25) is 5.02 Å². The Labute approximate surface area is 159 Å². The molecule has 0 aliphatic rings. The molecule has 0 saturated carbocycles. The number of aryl methyl sites for hydroxylation is 2. The van der Waals surface area contributed by atoms with E-state index in [1.165, 1.54) is 10.7 Å². The molecule has 1 aromatic carbocycles. The summed E-state index contributed by atoms with van der Waals surface area (Å²) in [7, 11) is 0. The molecule has 3 aromatic rings. The molecule has 0 aliphatic carbocycles. The van der Waals surface area contributed by atoms with Crippen LogP contribution in [0.5, 0.6) is 0 Å². The van der Waals surface area contributed by atoms with Crippen LogP contribution in [0.15, 0.2) is 36.4 Å². The Bertz CT molecular complexity index is 967. The maximum atomic E-state index is 12.7. The minimum Gasteiger partial charge on any atom is -0.308 e. The van der Waals surface area contributed by atoms with Crippen molar-refractivity contribution in [3.05, 3.63) is 64.1 Å². The summed E-state index contributed by atoms with van der Waals surface area (Å²) >= 11 is 5.99. The van der Waals surface area contributed by atoms with Crippen molar-refractivity contribution in [2.45, 2.75) is 33.4 Å². The van der Waals surface area contributed by atoms with E-state index >= 15 is 0 Å². The fraction of sp³-hybridized carbons (Fsp3) is 0.278. The zero-order valence-electron chi connectivity index (χ0n) is 14.8. The van der Waals surface area contributed by atoms with E-state index in [0.717, 1.165) is 11.3 Å². The molecule has 6 nitrogen and oxygen atoms in total. The van der Waals surface area contributed by atoms with Gasteiger partial charge in [-0.1, -0.05) is 23.7 Å². The van der Waals surface area contributed by atoms with Crippen molar-refractivity contribution in [3.63, 3.8) is 0 Å². The molecule has 27 heavy (non-hydrogen) atoms. The van der Waals surface area contributed by atoms with Gasteiger partial charge in [-0.2, -0.15) is 10.2 Å². The lowest BCUT2D eigenvalue weighted by Crippen LogP contribution is -2.20. The van der Waals surface area contributed by atoms with Crippen molar-refractivity contribution in [1.29, 1.82) is 0 Å². The summed E-state index contributed by atoms with van der Waals surface area (Å²) in [5, 5.41) is 11.4. The third-order valence-electron chi connectivity index (χ3n) is 3.99. The Balaban J connectivity index is 1.66. The number of halogens is 3. The third kappa shape index (κ3) is 4.71. The maximum absolute atomic E-state index is 12.7. The molecule has 0 aliphatic heterocycles. The van der Waals surface area contributed by atoms with Gasteiger partial charge in [0.05, 0.1) is 6.54 Å². The fourth-order valence-corrected chi connectivity index (χ4v) is 2.87. The lowest BCUT2D eigenvalue weighted by atomic mass is 10.2. The average molecular weight is 394 g/mol. The molecular formula is C18H18ClF2N5O. The maximum Gasteiger partial charge on any atom is 0.282 e. The molecule has 9 heteroatoms. The van der Waals surface area contributed by atoms with Crippen LogP contribution in [0.25, 0.3) is 0 Å². The van der Waals surface area contributed by atoms with Gasteiger partial charge in [0.15, 0.2) is 5.82 Å². The Kier molecular flexibility index (Phi) is 5.55. The van der Waals surface area contributed by atoms with Crippen LogP contribution in [-0.4, -0.2) is 25.5 Å². The Morgan fingerprint density at radius 1 is 1.15 bits per heavy atom. The molecule has 0 unspecified atom stereocenters. The molecule has 0 bridgehead atoms. The molecule has 0 spiro atoms. The number of hydrogen-bond donors (Lipinski definition) is 1. The molecule has 0 fully saturated rings. The lowest BCUT2D eigenvalue weighted by Gasteiger charge is -2.06. The highest BCUT2D eigenvalue weighted by Gasteiger charge is 2.16. The number of aromatic nitrogens is 4. The van der Waals surface area contributed by atoms with Crippen molar-refractivity contribution in [1.82, 2.24) is 19.6 Å². The number of carbonyl (C=O) groups excluding carboxylic acids is 1. The minimum absolute atomic E-state index is 0.168. The first-order chi connectivity index (χ1) is 12.8. The summed E-state index contributed by atoms with van der Waals surface area (Å²) in [6.07, 6.45) is -2.67. The highest BCUT2D eigenvalue weighted by atomic mass is 35.5. The van der Waals surface area contributed by atoms with E-state index in [1.807, 2.05) is 25.1 Å². The number of anilines is 1. The summed E-state index contributed by atoms with van der Waals surface area (Å²) in [6.45, 7) is 3.84. The van der Waals surface area contributed by atoms with Gasteiger partial charge in [-0.3, -0.25) is 14.2 Å². The van der Waals surface area contributed by atoms with Crippen LogP contribution in [0.3, 0.4) is 0 Å². The van der Waals surface area contributed by atoms with Crippen LogP contribution in [-0.2, 0) is 17.9 Å². The zero-order chi connectivity index (χ0) is 19.6. The predicted molar refractivity (Wildman–Crippen MR) is 98.1 cm³/mol. The molecule has 0 radical (unpaired) electrons. The summed E-state index contributed by atoms with van der Waals surface area (Å²) in [4.78, 5) is 12.2. The first-order valence-corrected chi connectivity index (χ1v) is 8.61. The van der Waals surface area contributed by atoms with E-state index in [9.17, 15) is 13.6 Å². The average Bonchev–Trinajstić information content (AvgIpc) is 3.11. The number of rotatable bonds is 6. The minimum atomic E-state index is -2.67. The number of carbonyl (C=O) groups is 1. The van der Waals surface area contributed by atoms with Gasteiger partial charge in [0.25, 0.3) is 6.43 Å². The molecule has 2 heterocycles. The molecular weight excluding hydrogens is 376 g/mol. The van der Waals surface area contributed by atoms with E-state index in [2.05, 4.69) is 15.5 Å². The number of nitrogens with zero attached hydrogens (tertiary/aromatic N) is 4. The lowest BCUT2D eigenvalue weighted by molar-refractivity contribution is -0.117. The Hall–Kier alpha value is -2.74. The van der Waals surface area contributed by atoms with Gasteiger partial charge in [-0.05, 0) is 37.6 Å². The summed E-state index contributed by atoms with van der Waals surface area (Å²) in [6, 6.07) is 10.4. The van der Waals surface area contributed by atoms with Gasteiger partial charge in [0, 0.05) is 22.5 Å². The van der Waals surface area contributed by atoms with Crippen LogP contribution in [0.4, 0.5) is 14.6 Å². The zero-order valence-corrected chi connectivity index (χ0v) is 15.5. The second-order valence-electron chi connectivity index (χ2n) is 6.18. The van der Waals surface area contributed by atoms with E-state index in [1.54, 1.807) is 23.7 Å². The van der Waals surface area contributed by atoms with Crippen molar-refractivity contribution in [2.24, 2.45) is 0 Å². The van der Waals surface area contributed by atoms with E-state index in [-0.39, 0.29) is 12.2 Å². The van der Waals surface area contributed by atoms with E-state index < -0.39 is 12.3 Å². The molecule has 2 aromatic heterocycles. The molecule has 142 valence electrons. The first kappa shape index (κ1) is 19.0. The standard InChI is InChI=1S/C18H18ClF2N5O/c1-11-6-15(18(20)21)23-26(11)10-17(27)22-16-7-12(2)25(24-16)9-13-4-3-5-14(19)8-13/h3-8,18H,9-10H2,1-2H3,(H,22,24,27). The van der Waals surface area contributed by atoms with Gasteiger partial charge in [-0.25, -0.2) is 8.78 Å². The second-order valence-corrected chi connectivity index (χ2v) is 6.61. The smallest absolute Gasteiger partial charge is 0.282 e.